The molecule has 0 radical (unpaired) electrons. The van der Waals surface area contributed by atoms with E-state index >= 15 is 0 Å². The number of fused-ring (bicyclic) bond motifs is 1. The molecule has 3 heteroatoms. The van der Waals surface area contributed by atoms with E-state index in [-0.39, 0.29) is 5.60 Å². The molecular formula is C16H23NOS. The lowest BCUT2D eigenvalue weighted by Crippen LogP contribution is -2.51. The summed E-state index contributed by atoms with van der Waals surface area (Å²) in [5.41, 5.74) is 2.67. The summed E-state index contributed by atoms with van der Waals surface area (Å²) >= 11 is 2.06. The second-order valence-corrected chi connectivity index (χ2v) is 7.32. The molecular weight excluding hydrogens is 254 g/mol. The van der Waals surface area contributed by atoms with Crippen LogP contribution in [-0.4, -0.2) is 23.7 Å². The minimum absolute atomic E-state index is 0.0266. The Balaban J connectivity index is 1.99. The van der Waals surface area contributed by atoms with E-state index in [1.54, 1.807) is 0 Å². The Hall–Kier alpha value is -0.670. The molecule has 3 atom stereocenters. The van der Waals surface area contributed by atoms with Crippen molar-refractivity contribution in [1.82, 2.24) is 5.32 Å². The Morgan fingerprint density at radius 3 is 3.00 bits per heavy atom. The highest BCUT2D eigenvalue weighted by molar-refractivity contribution is 8.00. The van der Waals surface area contributed by atoms with Gasteiger partial charge < -0.3 is 10.1 Å². The first-order valence-corrected chi connectivity index (χ1v) is 8.28. The average Bonchev–Trinajstić information content (AvgIpc) is 2.42. The Morgan fingerprint density at radius 1 is 1.42 bits per heavy atom. The summed E-state index contributed by atoms with van der Waals surface area (Å²) < 4.78 is 6.50. The lowest BCUT2D eigenvalue weighted by atomic mass is 9.81. The first kappa shape index (κ1) is 13.3. The van der Waals surface area contributed by atoms with Gasteiger partial charge >= 0.3 is 0 Å². The second-order valence-electron chi connectivity index (χ2n) is 5.87. The van der Waals surface area contributed by atoms with Gasteiger partial charge in [0.05, 0.1) is 0 Å². The topological polar surface area (TPSA) is 21.3 Å². The molecule has 2 aliphatic heterocycles. The average molecular weight is 277 g/mol. The summed E-state index contributed by atoms with van der Waals surface area (Å²) in [6.07, 6.45) is 3.55. The number of aryl methyl sites for hydroxylation is 1. The van der Waals surface area contributed by atoms with Crippen molar-refractivity contribution in [3.8, 4) is 5.75 Å². The van der Waals surface area contributed by atoms with Crippen LogP contribution in [0.4, 0.5) is 0 Å². The van der Waals surface area contributed by atoms with E-state index in [4.69, 9.17) is 4.74 Å². The molecule has 3 rings (SSSR count). The third kappa shape index (κ3) is 2.27. The maximum Gasteiger partial charge on any atom is 0.125 e. The molecule has 1 N–H and O–H groups in total. The van der Waals surface area contributed by atoms with Gasteiger partial charge in [0.15, 0.2) is 0 Å². The van der Waals surface area contributed by atoms with Crippen molar-refractivity contribution >= 4 is 11.8 Å². The number of thioether (sulfide) groups is 1. The normalized spacial score (nSPS) is 33.8. The van der Waals surface area contributed by atoms with Crippen LogP contribution in [0.1, 0.15) is 43.4 Å². The molecule has 3 unspecified atom stereocenters. The minimum Gasteiger partial charge on any atom is -0.486 e. The quantitative estimate of drug-likeness (QED) is 0.846. The van der Waals surface area contributed by atoms with Crippen LogP contribution in [0, 0.1) is 6.92 Å². The van der Waals surface area contributed by atoms with Crippen molar-refractivity contribution in [2.45, 2.75) is 50.0 Å². The summed E-state index contributed by atoms with van der Waals surface area (Å²) in [5, 5.41) is 4.07. The summed E-state index contributed by atoms with van der Waals surface area (Å²) in [4.78, 5) is 0. The fourth-order valence-corrected chi connectivity index (χ4v) is 4.63. The zero-order valence-corrected chi connectivity index (χ0v) is 12.8. The standard InChI is InChI=1S/C16H23NOS/c1-11-5-6-15-13(9-11)14(17-3)10-16(18-15)7-4-8-19-12(16)2/h5-6,9,12,14,17H,4,7-8,10H2,1-3H3. The summed E-state index contributed by atoms with van der Waals surface area (Å²) in [5.74, 6) is 2.36. The van der Waals surface area contributed by atoms with E-state index in [0.29, 0.717) is 11.3 Å². The van der Waals surface area contributed by atoms with Crippen molar-refractivity contribution in [2.24, 2.45) is 0 Å². The highest BCUT2D eigenvalue weighted by atomic mass is 32.2. The molecule has 0 amide bonds. The van der Waals surface area contributed by atoms with E-state index in [9.17, 15) is 0 Å². The van der Waals surface area contributed by atoms with E-state index in [0.717, 1.165) is 12.2 Å². The molecule has 2 heterocycles. The smallest absolute Gasteiger partial charge is 0.125 e. The van der Waals surface area contributed by atoms with E-state index in [2.05, 4.69) is 56.2 Å². The molecule has 104 valence electrons. The number of hydrogen-bond acceptors (Lipinski definition) is 3. The van der Waals surface area contributed by atoms with Gasteiger partial charge in [-0.3, -0.25) is 0 Å². The molecule has 0 bridgehead atoms. The Kier molecular flexibility index (Phi) is 3.52. The van der Waals surface area contributed by atoms with Crippen LogP contribution >= 0.6 is 11.8 Å². The number of ether oxygens (including phenoxy) is 1. The molecule has 0 aliphatic carbocycles. The van der Waals surface area contributed by atoms with Crippen molar-refractivity contribution in [1.29, 1.82) is 0 Å². The molecule has 2 aliphatic rings. The zero-order chi connectivity index (χ0) is 13.5. The van der Waals surface area contributed by atoms with Gasteiger partial charge in [0.2, 0.25) is 0 Å². The van der Waals surface area contributed by atoms with Crippen LogP contribution in [0.3, 0.4) is 0 Å². The third-order valence-corrected chi connectivity index (χ3v) is 6.06. The predicted octanol–water partition coefficient (Wildman–Crippen LogP) is 3.69. The molecule has 19 heavy (non-hydrogen) atoms. The lowest BCUT2D eigenvalue weighted by Gasteiger charge is -2.48. The maximum atomic E-state index is 6.50. The Labute approximate surface area is 120 Å². The van der Waals surface area contributed by atoms with Crippen LogP contribution < -0.4 is 10.1 Å². The van der Waals surface area contributed by atoms with Crippen molar-refractivity contribution in [3.05, 3.63) is 29.3 Å². The van der Waals surface area contributed by atoms with Gasteiger partial charge in [0.25, 0.3) is 0 Å². The molecule has 2 nitrogen and oxygen atoms in total. The highest BCUT2D eigenvalue weighted by Gasteiger charge is 2.46. The largest absolute Gasteiger partial charge is 0.486 e. The first-order valence-electron chi connectivity index (χ1n) is 7.23. The van der Waals surface area contributed by atoms with Gasteiger partial charge in [-0.1, -0.05) is 17.7 Å². The van der Waals surface area contributed by atoms with Crippen molar-refractivity contribution in [2.75, 3.05) is 12.8 Å². The van der Waals surface area contributed by atoms with Crippen molar-refractivity contribution in [3.63, 3.8) is 0 Å². The molecule has 1 saturated heterocycles. The van der Waals surface area contributed by atoms with E-state index in [1.165, 1.54) is 29.7 Å². The summed E-state index contributed by atoms with van der Waals surface area (Å²) in [6.45, 7) is 4.48. The predicted molar refractivity (Wildman–Crippen MR) is 82.1 cm³/mol. The first-order chi connectivity index (χ1) is 9.14. The molecule has 1 aromatic rings. The molecule has 1 fully saturated rings. The zero-order valence-electron chi connectivity index (χ0n) is 12.0. The van der Waals surface area contributed by atoms with Crippen LogP contribution in [0.2, 0.25) is 0 Å². The molecule has 1 spiro atoms. The lowest BCUT2D eigenvalue weighted by molar-refractivity contribution is 0.0213. The monoisotopic (exact) mass is 277 g/mol. The molecule has 0 aromatic heterocycles. The van der Waals surface area contributed by atoms with Crippen LogP contribution in [0.25, 0.3) is 0 Å². The van der Waals surface area contributed by atoms with E-state index in [1.807, 2.05) is 0 Å². The number of nitrogens with one attached hydrogen (secondary N) is 1. The van der Waals surface area contributed by atoms with Crippen LogP contribution in [0.5, 0.6) is 5.75 Å². The van der Waals surface area contributed by atoms with Gasteiger partial charge in [0.1, 0.15) is 11.4 Å². The van der Waals surface area contributed by atoms with Crippen LogP contribution in [0.15, 0.2) is 18.2 Å². The van der Waals surface area contributed by atoms with E-state index < -0.39 is 0 Å². The number of hydrogen-bond donors (Lipinski definition) is 1. The fraction of sp³-hybridized carbons (Fsp3) is 0.625. The van der Waals surface area contributed by atoms with Gasteiger partial charge in [-0.15, -0.1) is 0 Å². The third-order valence-electron chi connectivity index (χ3n) is 4.61. The molecule has 1 aromatic carbocycles. The van der Waals surface area contributed by atoms with Gasteiger partial charge in [0, 0.05) is 23.3 Å². The SMILES string of the molecule is CNC1CC2(CCCSC2C)Oc2ccc(C)cc21. The second kappa shape index (κ2) is 5.02. The summed E-state index contributed by atoms with van der Waals surface area (Å²) in [6, 6.07) is 7.00. The van der Waals surface area contributed by atoms with Gasteiger partial charge in [-0.25, -0.2) is 0 Å². The Morgan fingerprint density at radius 2 is 2.26 bits per heavy atom. The summed E-state index contributed by atoms with van der Waals surface area (Å²) in [7, 11) is 2.07. The van der Waals surface area contributed by atoms with Crippen LogP contribution in [-0.2, 0) is 0 Å². The number of benzene rings is 1. The maximum absolute atomic E-state index is 6.50. The van der Waals surface area contributed by atoms with Crippen molar-refractivity contribution < 1.29 is 4.74 Å². The Bertz CT molecular complexity index is 476. The molecule has 0 saturated carbocycles. The highest BCUT2D eigenvalue weighted by Crippen LogP contribution is 2.48. The van der Waals surface area contributed by atoms with Gasteiger partial charge in [-0.2, -0.15) is 11.8 Å². The van der Waals surface area contributed by atoms with Gasteiger partial charge in [-0.05, 0) is 45.6 Å². The number of rotatable bonds is 1. The minimum atomic E-state index is 0.0266. The fourth-order valence-electron chi connectivity index (χ4n) is 3.40.